The molecule has 3 atom stereocenters. The number of carbonyl (C=O) groups is 4. The second kappa shape index (κ2) is 14.8. The van der Waals surface area contributed by atoms with Gasteiger partial charge in [-0.1, -0.05) is 37.3 Å². The summed E-state index contributed by atoms with van der Waals surface area (Å²) in [6.45, 7) is 7.20. The molecular formula is C45H46N10O4. The number of para-hydroxylation sites is 1. The Morgan fingerprint density at radius 1 is 0.915 bits per heavy atom. The fourth-order valence-corrected chi connectivity index (χ4v) is 9.75. The number of hydrogen-bond donors (Lipinski definition) is 3. The first-order valence-electron chi connectivity index (χ1n) is 20.6. The van der Waals surface area contributed by atoms with Gasteiger partial charge in [0.1, 0.15) is 22.9 Å². The summed E-state index contributed by atoms with van der Waals surface area (Å²) in [4.78, 5) is 72.7. The number of amides is 4. The number of aromatic nitrogens is 4. The summed E-state index contributed by atoms with van der Waals surface area (Å²) < 4.78 is 2.18. The van der Waals surface area contributed by atoms with Crippen LogP contribution >= 0.6 is 0 Å². The Balaban J connectivity index is 0.865. The van der Waals surface area contributed by atoms with Gasteiger partial charge in [0.05, 0.1) is 41.1 Å². The average molecular weight is 791 g/mol. The van der Waals surface area contributed by atoms with Gasteiger partial charge >= 0.3 is 0 Å². The molecule has 1 unspecified atom stereocenters. The number of carbonyl (C=O) groups excluding carboxylic acids is 4. The number of piperidine rings is 1. The lowest BCUT2D eigenvalue weighted by atomic mass is 9.85. The molecular weight excluding hydrogens is 745 g/mol. The molecule has 59 heavy (non-hydrogen) atoms. The topological polar surface area (TPSA) is 171 Å². The molecule has 4 N–H and O–H groups in total. The maximum atomic E-state index is 13.7. The van der Waals surface area contributed by atoms with Gasteiger partial charge in [-0.25, -0.2) is 9.97 Å². The van der Waals surface area contributed by atoms with Crippen LogP contribution in [-0.4, -0.2) is 97.6 Å². The zero-order valence-corrected chi connectivity index (χ0v) is 32.8. The molecule has 300 valence electrons. The van der Waals surface area contributed by atoms with Crippen LogP contribution in [0, 0.1) is 5.92 Å². The SMILES string of the molecule is C=C1NC(=O)CCC1N1C(=O)c2ccc(N3CC(CN4CC/C=C/c5cnc(N)c6c(-c7cnc8ccccc8c7)nc(n56)[C@@H]5CCC[C@H](C5)NC(=O)C4)C3)cc2C1=O. The van der Waals surface area contributed by atoms with Gasteiger partial charge in [0.25, 0.3) is 11.8 Å². The van der Waals surface area contributed by atoms with E-state index in [0.29, 0.717) is 48.1 Å². The van der Waals surface area contributed by atoms with Gasteiger partial charge in [-0.2, -0.15) is 0 Å². The van der Waals surface area contributed by atoms with Crippen molar-refractivity contribution in [2.24, 2.45) is 5.92 Å². The van der Waals surface area contributed by atoms with Crippen molar-refractivity contribution >= 4 is 57.6 Å². The maximum absolute atomic E-state index is 13.7. The highest BCUT2D eigenvalue weighted by atomic mass is 16.2. The second-order valence-electron chi connectivity index (χ2n) is 16.7. The summed E-state index contributed by atoms with van der Waals surface area (Å²) in [7, 11) is 0. The first kappa shape index (κ1) is 36.9. The number of fused-ring (bicyclic) bond motifs is 5. The fraction of sp³-hybridized carbons (Fsp3) is 0.356. The number of nitrogens with one attached hydrogen (secondary N) is 2. The van der Waals surface area contributed by atoms with E-state index >= 15 is 0 Å². The number of hydrogen-bond acceptors (Lipinski definition) is 10. The van der Waals surface area contributed by atoms with E-state index in [1.54, 1.807) is 6.07 Å². The van der Waals surface area contributed by atoms with E-state index in [4.69, 9.17) is 15.7 Å². The Morgan fingerprint density at radius 2 is 1.76 bits per heavy atom. The maximum Gasteiger partial charge on any atom is 0.262 e. The molecule has 3 fully saturated rings. The van der Waals surface area contributed by atoms with Crippen LogP contribution in [0.2, 0.25) is 0 Å². The Hall–Kier alpha value is -6.41. The molecule has 3 aromatic heterocycles. The summed E-state index contributed by atoms with van der Waals surface area (Å²) in [5.41, 5.74) is 12.9. The zero-order chi connectivity index (χ0) is 40.4. The summed E-state index contributed by atoms with van der Waals surface area (Å²) in [6.07, 6.45) is 12.9. The molecule has 2 saturated heterocycles. The van der Waals surface area contributed by atoms with Crippen LogP contribution in [0.1, 0.15) is 83.1 Å². The fourth-order valence-electron chi connectivity index (χ4n) is 9.75. The first-order valence-corrected chi connectivity index (χ1v) is 20.6. The third-order valence-corrected chi connectivity index (χ3v) is 12.7. The van der Waals surface area contributed by atoms with Gasteiger partial charge in [0.2, 0.25) is 11.8 Å². The molecule has 4 aliphatic heterocycles. The second-order valence-corrected chi connectivity index (χ2v) is 16.7. The van der Waals surface area contributed by atoms with Gasteiger partial charge < -0.3 is 21.3 Å². The molecule has 10 rings (SSSR count). The number of imidazole rings is 1. The van der Waals surface area contributed by atoms with Crippen LogP contribution in [0.3, 0.4) is 0 Å². The molecule has 7 heterocycles. The van der Waals surface area contributed by atoms with E-state index in [1.807, 2.05) is 42.7 Å². The summed E-state index contributed by atoms with van der Waals surface area (Å²) in [5.74, 6) is 0.939. The molecule has 5 aromatic rings. The van der Waals surface area contributed by atoms with Crippen molar-refractivity contribution in [2.45, 2.75) is 62.9 Å². The number of anilines is 2. The largest absolute Gasteiger partial charge is 0.382 e. The van der Waals surface area contributed by atoms with Crippen molar-refractivity contribution in [2.75, 3.05) is 43.4 Å². The molecule has 0 radical (unpaired) electrons. The molecule has 5 aliphatic rings. The van der Waals surface area contributed by atoms with Crippen molar-refractivity contribution in [1.82, 2.24) is 39.8 Å². The van der Waals surface area contributed by atoms with Crippen molar-refractivity contribution in [3.05, 3.63) is 102 Å². The standard InChI is InChI=1S/C45H46N10O4/c1-26-37(14-15-38(56)49-26)55-44(58)34-13-12-32(19-35(34)45(55)59)53-23-27(24-53)22-52-16-5-4-10-33-21-48-42(46)41-40(30-17-28-7-2-3-11-36(28)47-20-30)51-43(54(33)41)29-8-6-9-31(18-29)50-39(57)25-52/h2-4,7,10-13,17,19-21,27,29,31,37H,1,5-6,8-9,14-16,18,22-25H2,(H2,46,48)(H,49,56)(H,50,57)/b10-4+/t29-,31-,37?/m1/s1. The van der Waals surface area contributed by atoms with Crippen LogP contribution in [0.4, 0.5) is 11.5 Å². The predicted octanol–water partition coefficient (Wildman–Crippen LogP) is 4.91. The highest BCUT2D eigenvalue weighted by Crippen LogP contribution is 2.39. The lowest BCUT2D eigenvalue weighted by Gasteiger charge is -2.43. The van der Waals surface area contributed by atoms with E-state index in [0.717, 1.165) is 96.6 Å². The lowest BCUT2D eigenvalue weighted by Crippen LogP contribution is -2.53. The number of imide groups is 1. The average Bonchev–Trinajstić information content (AvgIpc) is 3.74. The molecule has 2 aromatic carbocycles. The van der Waals surface area contributed by atoms with E-state index in [1.165, 1.54) is 4.90 Å². The van der Waals surface area contributed by atoms with Gasteiger partial charge in [-0.15, -0.1) is 0 Å². The van der Waals surface area contributed by atoms with Crippen LogP contribution in [-0.2, 0) is 9.59 Å². The number of pyridine rings is 1. The molecule has 14 nitrogen and oxygen atoms in total. The number of benzene rings is 2. The zero-order valence-electron chi connectivity index (χ0n) is 32.8. The molecule has 1 saturated carbocycles. The van der Waals surface area contributed by atoms with Crippen molar-refractivity contribution in [3.8, 4) is 11.3 Å². The van der Waals surface area contributed by atoms with Crippen molar-refractivity contribution < 1.29 is 19.2 Å². The highest BCUT2D eigenvalue weighted by Gasteiger charge is 2.43. The summed E-state index contributed by atoms with van der Waals surface area (Å²) in [5, 5.41) is 7.09. The summed E-state index contributed by atoms with van der Waals surface area (Å²) in [6, 6.07) is 15.1. The van der Waals surface area contributed by atoms with Gasteiger partial charge in [0.15, 0.2) is 0 Å². The van der Waals surface area contributed by atoms with Gasteiger partial charge in [-0.05, 0) is 68.5 Å². The van der Waals surface area contributed by atoms with Gasteiger partial charge in [-0.3, -0.25) is 38.4 Å². The molecule has 14 heteroatoms. The van der Waals surface area contributed by atoms with E-state index in [9.17, 15) is 19.2 Å². The first-order chi connectivity index (χ1) is 28.7. The highest BCUT2D eigenvalue weighted by molar-refractivity contribution is 6.22. The number of rotatable bonds is 5. The number of nitrogens with zero attached hydrogens (tertiary/aromatic N) is 7. The van der Waals surface area contributed by atoms with Gasteiger partial charge in [0, 0.05) is 79.0 Å². The van der Waals surface area contributed by atoms with Crippen LogP contribution in [0.15, 0.2) is 79.3 Å². The Kier molecular flexibility index (Phi) is 9.23. The quantitative estimate of drug-likeness (QED) is 0.208. The van der Waals surface area contributed by atoms with Crippen LogP contribution in [0.5, 0.6) is 0 Å². The van der Waals surface area contributed by atoms with Crippen LogP contribution < -0.4 is 21.3 Å². The van der Waals surface area contributed by atoms with E-state index in [-0.39, 0.29) is 42.0 Å². The van der Waals surface area contributed by atoms with E-state index in [2.05, 4.69) is 60.7 Å². The molecule has 1 aliphatic carbocycles. The minimum Gasteiger partial charge on any atom is -0.382 e. The Labute approximate surface area is 341 Å². The smallest absolute Gasteiger partial charge is 0.262 e. The molecule has 4 amide bonds. The number of nitrogens with two attached hydrogens (primary N) is 1. The van der Waals surface area contributed by atoms with Crippen molar-refractivity contribution in [1.29, 1.82) is 0 Å². The predicted molar refractivity (Wildman–Crippen MR) is 224 cm³/mol. The van der Waals surface area contributed by atoms with E-state index < -0.39 is 6.04 Å². The molecule has 0 spiro atoms. The third-order valence-electron chi connectivity index (χ3n) is 12.7. The third kappa shape index (κ3) is 6.70. The Bertz CT molecular complexity index is 2610. The lowest BCUT2D eigenvalue weighted by molar-refractivity contribution is -0.123. The number of nitrogen functional groups attached to an aromatic ring is 1. The summed E-state index contributed by atoms with van der Waals surface area (Å²) >= 11 is 0. The Morgan fingerprint density at radius 3 is 2.63 bits per heavy atom. The normalized spacial score (nSPS) is 23.5. The van der Waals surface area contributed by atoms with Crippen molar-refractivity contribution in [3.63, 3.8) is 0 Å². The molecule has 2 bridgehead atoms. The minimum atomic E-state index is -0.559. The monoisotopic (exact) mass is 790 g/mol. The van der Waals surface area contributed by atoms with Crippen LogP contribution in [0.25, 0.3) is 33.8 Å². The minimum absolute atomic E-state index is 0.0295.